The van der Waals surface area contributed by atoms with Crippen molar-refractivity contribution < 1.29 is 14.0 Å². The van der Waals surface area contributed by atoms with Gasteiger partial charge in [0.2, 0.25) is 0 Å². The summed E-state index contributed by atoms with van der Waals surface area (Å²) in [7, 11) is 0. The van der Waals surface area contributed by atoms with E-state index in [1.165, 1.54) is 0 Å². The zero-order valence-corrected chi connectivity index (χ0v) is 9.28. The number of rotatable bonds is 2. The first-order chi connectivity index (χ1) is 7.04. The van der Waals surface area contributed by atoms with Gasteiger partial charge in [-0.15, -0.1) is 0 Å². The Hall–Kier alpha value is -1.02. The Morgan fingerprint density at radius 2 is 1.80 bits per heavy atom. The fourth-order valence-corrected chi connectivity index (χ4v) is 1.97. The molecule has 1 unspecified atom stereocenters. The third-order valence-electron chi connectivity index (χ3n) is 1.94. The molecule has 78 valence electrons. The summed E-state index contributed by atoms with van der Waals surface area (Å²) in [6.45, 7) is -3.99. The largest absolute Gasteiger partial charge is 0.474 e. The molecule has 2 rings (SSSR count). The Morgan fingerprint density at radius 1 is 1.13 bits per heavy atom. The molecule has 0 saturated heterocycles. The summed E-state index contributed by atoms with van der Waals surface area (Å²) in [5.41, 5.74) is 0. The molecular formula is C10H8ClO3P. The summed E-state index contributed by atoms with van der Waals surface area (Å²) in [6, 6.07) is 12.7. The molecular weight excluding hydrogens is 235 g/mol. The lowest BCUT2D eigenvalue weighted by atomic mass is 10.1. The van der Waals surface area contributed by atoms with Gasteiger partial charge < -0.3 is 9.42 Å². The molecule has 2 aromatic carbocycles. The molecule has 0 fully saturated rings. The Kier molecular flexibility index (Phi) is 2.70. The van der Waals surface area contributed by atoms with Crippen molar-refractivity contribution in [3.63, 3.8) is 0 Å². The van der Waals surface area contributed by atoms with Crippen LogP contribution in [-0.4, -0.2) is 4.89 Å². The smallest absolute Gasteiger partial charge is 0.413 e. The first-order valence-electron chi connectivity index (χ1n) is 4.25. The van der Waals surface area contributed by atoms with Crippen LogP contribution in [0.5, 0.6) is 5.75 Å². The van der Waals surface area contributed by atoms with Crippen LogP contribution < -0.4 is 4.52 Å². The standard InChI is InChI=1S/C10H8ClO3P/c11-15(12,13)14-10-6-5-8-3-1-2-4-9(8)7-10/h1-7H,(H,12,13). The van der Waals surface area contributed by atoms with Crippen molar-refractivity contribution in [1.29, 1.82) is 0 Å². The molecule has 0 spiro atoms. The third-order valence-corrected chi connectivity index (χ3v) is 2.58. The van der Waals surface area contributed by atoms with Crippen molar-refractivity contribution in [2.45, 2.75) is 0 Å². The number of halogens is 1. The quantitative estimate of drug-likeness (QED) is 0.819. The highest BCUT2D eigenvalue weighted by molar-refractivity contribution is 7.80. The summed E-state index contributed by atoms with van der Waals surface area (Å²) in [4.78, 5) is 8.84. The number of benzene rings is 2. The fraction of sp³-hybridized carbons (Fsp3) is 0. The van der Waals surface area contributed by atoms with E-state index in [0.29, 0.717) is 0 Å². The first kappa shape index (κ1) is 10.5. The van der Waals surface area contributed by atoms with Gasteiger partial charge in [-0.2, -0.15) is 0 Å². The zero-order chi connectivity index (χ0) is 10.9. The molecule has 1 atom stereocenters. The maximum Gasteiger partial charge on any atom is 0.474 e. The van der Waals surface area contributed by atoms with Crippen LogP contribution in [0.15, 0.2) is 42.5 Å². The lowest BCUT2D eigenvalue weighted by Crippen LogP contribution is -1.85. The van der Waals surface area contributed by atoms with Crippen molar-refractivity contribution in [1.82, 2.24) is 0 Å². The van der Waals surface area contributed by atoms with Crippen molar-refractivity contribution in [2.24, 2.45) is 0 Å². The van der Waals surface area contributed by atoms with Crippen molar-refractivity contribution in [3.8, 4) is 5.75 Å². The molecule has 0 heterocycles. The van der Waals surface area contributed by atoms with Crippen LogP contribution in [-0.2, 0) is 4.57 Å². The van der Waals surface area contributed by atoms with E-state index in [4.69, 9.17) is 16.1 Å². The van der Waals surface area contributed by atoms with E-state index in [2.05, 4.69) is 4.52 Å². The molecule has 0 aromatic heterocycles. The van der Waals surface area contributed by atoms with Crippen molar-refractivity contribution in [2.75, 3.05) is 0 Å². The molecule has 0 aliphatic heterocycles. The minimum Gasteiger partial charge on any atom is -0.413 e. The highest BCUT2D eigenvalue weighted by Gasteiger charge is 2.15. The predicted octanol–water partition coefficient (Wildman–Crippen LogP) is 3.56. The van der Waals surface area contributed by atoms with E-state index < -0.39 is 6.95 Å². The van der Waals surface area contributed by atoms with Crippen LogP contribution in [0, 0.1) is 0 Å². The van der Waals surface area contributed by atoms with Crippen LogP contribution in [0.1, 0.15) is 0 Å². The minimum atomic E-state index is -3.99. The van der Waals surface area contributed by atoms with Crippen LogP contribution in [0.3, 0.4) is 0 Å². The van der Waals surface area contributed by atoms with Gasteiger partial charge >= 0.3 is 6.95 Å². The Labute approximate surface area is 91.6 Å². The van der Waals surface area contributed by atoms with Crippen LogP contribution in [0.25, 0.3) is 10.8 Å². The van der Waals surface area contributed by atoms with E-state index in [1.807, 2.05) is 24.3 Å². The van der Waals surface area contributed by atoms with E-state index in [-0.39, 0.29) is 5.75 Å². The molecule has 0 radical (unpaired) electrons. The monoisotopic (exact) mass is 242 g/mol. The number of hydrogen-bond acceptors (Lipinski definition) is 2. The van der Waals surface area contributed by atoms with Gasteiger partial charge in [-0.25, -0.2) is 4.57 Å². The lowest BCUT2D eigenvalue weighted by molar-refractivity contribution is 0.401. The highest BCUT2D eigenvalue weighted by Crippen LogP contribution is 2.47. The van der Waals surface area contributed by atoms with Crippen molar-refractivity contribution in [3.05, 3.63) is 42.5 Å². The summed E-state index contributed by atoms with van der Waals surface area (Å²) in [6.07, 6.45) is 0. The van der Waals surface area contributed by atoms with Crippen LogP contribution in [0.4, 0.5) is 0 Å². The second kappa shape index (κ2) is 3.86. The molecule has 15 heavy (non-hydrogen) atoms. The Bertz CT molecular complexity index is 535. The van der Waals surface area contributed by atoms with Gasteiger partial charge in [-0.1, -0.05) is 30.3 Å². The SMILES string of the molecule is O=P(O)(Cl)Oc1ccc2ccccc2c1. The van der Waals surface area contributed by atoms with E-state index in [9.17, 15) is 4.57 Å². The Morgan fingerprint density at radius 3 is 2.47 bits per heavy atom. The number of hydrogen-bond donors (Lipinski definition) is 1. The summed E-state index contributed by atoms with van der Waals surface area (Å²) < 4.78 is 15.5. The summed E-state index contributed by atoms with van der Waals surface area (Å²) in [5.74, 6) is 0.287. The van der Waals surface area contributed by atoms with Gasteiger partial charge in [0.05, 0.1) is 0 Å². The average Bonchev–Trinajstić information content (AvgIpc) is 2.15. The van der Waals surface area contributed by atoms with Gasteiger partial charge in [-0.05, 0) is 22.9 Å². The predicted molar refractivity (Wildman–Crippen MR) is 60.3 cm³/mol. The molecule has 2 aromatic rings. The second-order valence-corrected chi connectivity index (χ2v) is 5.42. The topological polar surface area (TPSA) is 46.5 Å². The molecule has 0 aliphatic carbocycles. The van der Waals surface area contributed by atoms with E-state index >= 15 is 0 Å². The molecule has 3 nitrogen and oxygen atoms in total. The normalized spacial score (nSPS) is 14.8. The van der Waals surface area contributed by atoms with Crippen molar-refractivity contribution >= 4 is 29.0 Å². The maximum atomic E-state index is 10.8. The molecule has 0 amide bonds. The molecule has 5 heteroatoms. The minimum absolute atomic E-state index is 0.287. The third kappa shape index (κ3) is 2.72. The molecule has 0 bridgehead atoms. The summed E-state index contributed by atoms with van der Waals surface area (Å²) >= 11 is 5.11. The van der Waals surface area contributed by atoms with Gasteiger partial charge in [0.1, 0.15) is 5.75 Å². The van der Waals surface area contributed by atoms with Crippen LogP contribution in [0.2, 0.25) is 0 Å². The lowest BCUT2D eigenvalue weighted by Gasteiger charge is -2.06. The summed E-state index contributed by atoms with van der Waals surface area (Å²) in [5, 5.41) is 1.97. The van der Waals surface area contributed by atoms with Gasteiger partial charge in [-0.3, -0.25) is 0 Å². The Balaban J connectivity index is 2.43. The van der Waals surface area contributed by atoms with Gasteiger partial charge in [0.15, 0.2) is 0 Å². The number of fused-ring (bicyclic) bond motifs is 1. The van der Waals surface area contributed by atoms with Crippen LogP contribution >= 0.6 is 18.2 Å². The van der Waals surface area contributed by atoms with Gasteiger partial charge in [0, 0.05) is 11.2 Å². The van der Waals surface area contributed by atoms with Gasteiger partial charge in [0.25, 0.3) is 0 Å². The first-order valence-corrected chi connectivity index (χ1v) is 6.74. The fourth-order valence-electron chi connectivity index (χ4n) is 1.35. The molecule has 1 N–H and O–H groups in total. The maximum absolute atomic E-state index is 10.8. The van der Waals surface area contributed by atoms with E-state index in [1.54, 1.807) is 18.2 Å². The second-order valence-electron chi connectivity index (χ2n) is 3.05. The van der Waals surface area contributed by atoms with E-state index in [0.717, 1.165) is 10.8 Å². The molecule has 0 saturated carbocycles. The molecule has 0 aliphatic rings. The zero-order valence-electron chi connectivity index (χ0n) is 7.63. The highest BCUT2D eigenvalue weighted by atomic mass is 35.7. The average molecular weight is 243 g/mol.